The van der Waals surface area contributed by atoms with Crippen molar-refractivity contribution >= 4 is 5.91 Å². The van der Waals surface area contributed by atoms with E-state index in [-0.39, 0.29) is 11.3 Å². The molecule has 0 aliphatic carbocycles. The van der Waals surface area contributed by atoms with Gasteiger partial charge in [0.25, 0.3) is 11.8 Å². The molecule has 0 N–H and O–H groups in total. The number of nitrogens with zero attached hydrogens (tertiary/aromatic N) is 5. The molecule has 1 amide bonds. The van der Waals surface area contributed by atoms with Gasteiger partial charge >= 0.3 is 0 Å². The van der Waals surface area contributed by atoms with E-state index in [0.717, 1.165) is 30.6 Å². The Morgan fingerprint density at radius 3 is 2.81 bits per heavy atom. The van der Waals surface area contributed by atoms with Gasteiger partial charge in [-0.15, -0.1) is 0 Å². The first kappa shape index (κ1) is 17.3. The third-order valence-corrected chi connectivity index (χ3v) is 5.11. The molecule has 1 unspecified atom stereocenters. The highest BCUT2D eigenvalue weighted by Crippen LogP contribution is 2.33. The number of rotatable bonds is 3. The van der Waals surface area contributed by atoms with Crippen molar-refractivity contribution < 1.29 is 9.32 Å². The van der Waals surface area contributed by atoms with Crippen molar-refractivity contribution in [2.75, 3.05) is 13.1 Å². The van der Waals surface area contributed by atoms with Crippen LogP contribution in [0.15, 0.2) is 47.4 Å². The Balaban J connectivity index is 1.58. The van der Waals surface area contributed by atoms with Gasteiger partial charge in [0.15, 0.2) is 5.82 Å². The summed E-state index contributed by atoms with van der Waals surface area (Å²) in [5, 5.41) is 4.22. The molecular formula is C20H21N5O2. The van der Waals surface area contributed by atoms with Crippen molar-refractivity contribution in [3.05, 3.63) is 59.9 Å². The zero-order valence-corrected chi connectivity index (χ0v) is 15.4. The largest absolute Gasteiger partial charge is 0.338 e. The molecule has 7 nitrogen and oxygen atoms in total. The second-order valence-electron chi connectivity index (χ2n) is 7.19. The van der Waals surface area contributed by atoms with E-state index in [4.69, 9.17) is 4.52 Å². The fourth-order valence-corrected chi connectivity index (χ4v) is 3.56. The topological polar surface area (TPSA) is 85.0 Å². The number of likely N-dealkylation sites (tertiary alicyclic amines) is 1. The van der Waals surface area contributed by atoms with Crippen LogP contribution in [0.4, 0.5) is 0 Å². The molecule has 1 saturated heterocycles. The summed E-state index contributed by atoms with van der Waals surface area (Å²) in [6.45, 7) is 5.22. The fraction of sp³-hybridized carbons (Fsp3) is 0.350. The number of carbonyl (C=O) groups is 1. The highest BCUT2D eigenvalue weighted by atomic mass is 16.5. The summed E-state index contributed by atoms with van der Waals surface area (Å²) in [4.78, 5) is 27.7. The van der Waals surface area contributed by atoms with Crippen LogP contribution in [0.25, 0.3) is 11.5 Å². The first-order valence-electron chi connectivity index (χ1n) is 9.02. The minimum absolute atomic E-state index is 0.00405. The normalized spacial score (nSPS) is 19.9. The van der Waals surface area contributed by atoms with Crippen LogP contribution in [0.1, 0.15) is 41.6 Å². The third-order valence-electron chi connectivity index (χ3n) is 5.11. The summed E-state index contributed by atoms with van der Waals surface area (Å²) in [6.07, 6.45) is 6.88. The zero-order valence-electron chi connectivity index (χ0n) is 15.4. The Labute approximate surface area is 157 Å². The number of pyridine rings is 2. The first-order chi connectivity index (χ1) is 13.1. The molecule has 0 saturated carbocycles. The molecule has 27 heavy (non-hydrogen) atoms. The van der Waals surface area contributed by atoms with E-state index in [1.54, 1.807) is 24.7 Å². The number of hydrogen-bond donors (Lipinski definition) is 0. The van der Waals surface area contributed by atoms with Crippen LogP contribution < -0.4 is 0 Å². The molecule has 1 aliphatic heterocycles. The van der Waals surface area contributed by atoms with Gasteiger partial charge < -0.3 is 9.42 Å². The predicted octanol–water partition coefficient (Wildman–Crippen LogP) is 3.03. The number of carbonyl (C=O) groups excluding carboxylic acids is 1. The Kier molecular flexibility index (Phi) is 4.43. The Hall–Kier alpha value is -3.09. The summed E-state index contributed by atoms with van der Waals surface area (Å²) >= 11 is 0. The molecule has 4 rings (SSSR count). The fourth-order valence-electron chi connectivity index (χ4n) is 3.56. The van der Waals surface area contributed by atoms with Gasteiger partial charge in [0.1, 0.15) is 0 Å². The zero-order chi connectivity index (χ0) is 18.9. The lowest BCUT2D eigenvalue weighted by atomic mass is 9.81. The lowest BCUT2D eigenvalue weighted by molar-refractivity contribution is 0.0640. The molecule has 7 heteroatoms. The number of hydrogen-bond acceptors (Lipinski definition) is 6. The van der Waals surface area contributed by atoms with Crippen molar-refractivity contribution in [3.8, 4) is 11.5 Å². The van der Waals surface area contributed by atoms with E-state index < -0.39 is 0 Å². The summed E-state index contributed by atoms with van der Waals surface area (Å²) in [5.41, 5.74) is 1.88. The average molecular weight is 363 g/mol. The molecule has 1 fully saturated rings. The van der Waals surface area contributed by atoms with Gasteiger partial charge in [-0.2, -0.15) is 4.98 Å². The molecule has 0 radical (unpaired) electrons. The standard InChI is InChI=1S/C20H21N5O2/c1-14-16(5-3-9-22-14)18(26)25-12-4-8-20(2,13-25)19-23-17(27-24-19)15-6-10-21-11-7-15/h3,5-7,9-11H,4,8,12-13H2,1-2H3. The molecule has 4 heterocycles. The molecule has 0 spiro atoms. The van der Waals surface area contributed by atoms with Crippen molar-refractivity contribution in [1.82, 2.24) is 25.0 Å². The third kappa shape index (κ3) is 3.32. The minimum Gasteiger partial charge on any atom is -0.338 e. The van der Waals surface area contributed by atoms with Crippen LogP contribution in [0, 0.1) is 6.92 Å². The van der Waals surface area contributed by atoms with Gasteiger partial charge in [-0.3, -0.25) is 14.8 Å². The van der Waals surface area contributed by atoms with Crippen LogP contribution in [-0.2, 0) is 5.41 Å². The Morgan fingerprint density at radius 1 is 1.22 bits per heavy atom. The molecule has 0 aromatic carbocycles. The Bertz CT molecular complexity index is 956. The van der Waals surface area contributed by atoms with Crippen molar-refractivity contribution in [2.24, 2.45) is 0 Å². The van der Waals surface area contributed by atoms with Crippen LogP contribution in [0.2, 0.25) is 0 Å². The van der Waals surface area contributed by atoms with Crippen LogP contribution in [0.5, 0.6) is 0 Å². The maximum Gasteiger partial charge on any atom is 0.258 e. The molecular weight excluding hydrogens is 342 g/mol. The van der Waals surface area contributed by atoms with E-state index in [9.17, 15) is 4.79 Å². The second kappa shape index (κ2) is 6.90. The van der Waals surface area contributed by atoms with Crippen molar-refractivity contribution in [2.45, 2.75) is 32.1 Å². The molecule has 3 aromatic rings. The smallest absolute Gasteiger partial charge is 0.258 e. The van der Waals surface area contributed by atoms with Crippen LogP contribution >= 0.6 is 0 Å². The number of amides is 1. The van der Waals surface area contributed by atoms with Crippen LogP contribution in [-0.4, -0.2) is 44.0 Å². The molecule has 0 bridgehead atoms. The van der Waals surface area contributed by atoms with Crippen molar-refractivity contribution in [1.29, 1.82) is 0 Å². The lowest BCUT2D eigenvalue weighted by Gasteiger charge is -2.38. The predicted molar refractivity (Wildman–Crippen MR) is 99.0 cm³/mol. The minimum atomic E-state index is -0.348. The molecule has 3 aromatic heterocycles. The van der Waals surface area contributed by atoms with E-state index in [2.05, 4.69) is 27.0 Å². The summed E-state index contributed by atoms with van der Waals surface area (Å²) < 4.78 is 5.47. The SMILES string of the molecule is Cc1ncccc1C(=O)N1CCCC(C)(c2noc(-c3ccncc3)n2)C1. The van der Waals surface area contributed by atoms with Gasteiger partial charge in [0.2, 0.25) is 0 Å². The Morgan fingerprint density at radius 2 is 2.04 bits per heavy atom. The van der Waals surface area contributed by atoms with E-state index in [1.165, 1.54) is 0 Å². The maximum absolute atomic E-state index is 13.0. The number of aromatic nitrogens is 4. The molecule has 138 valence electrons. The van der Waals surface area contributed by atoms with Crippen LogP contribution in [0.3, 0.4) is 0 Å². The summed E-state index contributed by atoms with van der Waals surface area (Å²) in [6, 6.07) is 7.29. The summed E-state index contributed by atoms with van der Waals surface area (Å²) in [7, 11) is 0. The lowest BCUT2D eigenvalue weighted by Crippen LogP contribution is -2.47. The van der Waals surface area contributed by atoms with E-state index in [0.29, 0.717) is 23.8 Å². The van der Waals surface area contributed by atoms with E-state index >= 15 is 0 Å². The summed E-state index contributed by atoms with van der Waals surface area (Å²) in [5.74, 6) is 1.11. The second-order valence-corrected chi connectivity index (χ2v) is 7.19. The van der Waals surface area contributed by atoms with Gasteiger partial charge in [0, 0.05) is 48.4 Å². The quantitative estimate of drug-likeness (QED) is 0.711. The van der Waals surface area contributed by atoms with E-state index in [1.807, 2.05) is 30.0 Å². The van der Waals surface area contributed by atoms with Gasteiger partial charge in [0.05, 0.1) is 5.56 Å². The number of aryl methyl sites for hydroxylation is 1. The van der Waals surface area contributed by atoms with Crippen molar-refractivity contribution in [3.63, 3.8) is 0 Å². The molecule has 1 aliphatic rings. The highest BCUT2D eigenvalue weighted by molar-refractivity contribution is 5.95. The van der Waals surface area contributed by atoms with Gasteiger partial charge in [-0.05, 0) is 44.0 Å². The maximum atomic E-state index is 13.0. The molecule has 1 atom stereocenters. The average Bonchev–Trinajstić information content (AvgIpc) is 3.20. The monoisotopic (exact) mass is 363 g/mol. The first-order valence-corrected chi connectivity index (χ1v) is 9.02. The highest BCUT2D eigenvalue weighted by Gasteiger charge is 2.39. The number of piperidine rings is 1. The van der Waals surface area contributed by atoms with Gasteiger partial charge in [-0.1, -0.05) is 12.1 Å². The van der Waals surface area contributed by atoms with Gasteiger partial charge in [-0.25, -0.2) is 0 Å².